The van der Waals surface area contributed by atoms with Crippen LogP contribution in [0.1, 0.15) is 83.4 Å². The number of nitrogens with zero attached hydrogens (tertiary/aromatic N) is 5. The van der Waals surface area contributed by atoms with Crippen LogP contribution in [0, 0.1) is 17.2 Å². The highest BCUT2D eigenvalue weighted by atomic mass is 16.5. The quantitative estimate of drug-likeness (QED) is 0.664. The van der Waals surface area contributed by atoms with E-state index in [1.54, 1.807) is 4.68 Å². The normalized spacial score (nSPS) is 21.3. The first-order valence-electron chi connectivity index (χ1n) is 11.3. The minimum absolute atomic E-state index is 0.179. The molecular weight excluding hydrogens is 366 g/mol. The Labute approximate surface area is 174 Å². The number of ether oxygens (including phenoxy) is 1. The highest BCUT2D eigenvalue weighted by Gasteiger charge is 2.42. The van der Waals surface area contributed by atoms with Gasteiger partial charge in [0.1, 0.15) is 6.04 Å². The average molecular weight is 402 g/mol. The van der Waals surface area contributed by atoms with Gasteiger partial charge >= 0.3 is 0 Å². The molecule has 2 aliphatic rings. The molecule has 0 aromatic carbocycles. The van der Waals surface area contributed by atoms with Gasteiger partial charge in [0.15, 0.2) is 0 Å². The molecule has 0 N–H and O–H groups in total. The smallest absolute Gasteiger partial charge is 0.223 e. The minimum Gasteiger partial charge on any atom is -0.378 e. The number of morpholine rings is 1. The summed E-state index contributed by atoms with van der Waals surface area (Å²) in [4.78, 5) is 15.1. The van der Waals surface area contributed by atoms with E-state index in [4.69, 9.17) is 4.74 Å². The molecule has 7 heteroatoms. The molecule has 1 aliphatic heterocycles. The monoisotopic (exact) mass is 401 g/mol. The number of hydrogen-bond donors (Lipinski definition) is 0. The van der Waals surface area contributed by atoms with Crippen LogP contribution in [-0.4, -0.2) is 52.1 Å². The Morgan fingerprint density at radius 1 is 1.34 bits per heavy atom. The first-order valence-corrected chi connectivity index (χ1v) is 11.3. The molecule has 0 bridgehead atoms. The second-order valence-corrected chi connectivity index (χ2v) is 8.79. The highest BCUT2D eigenvalue weighted by molar-refractivity contribution is 5.78. The van der Waals surface area contributed by atoms with Crippen molar-refractivity contribution >= 4 is 5.91 Å². The molecule has 1 saturated carbocycles. The summed E-state index contributed by atoms with van der Waals surface area (Å²) in [6, 6.07) is 2.07. The van der Waals surface area contributed by atoms with Crippen LogP contribution >= 0.6 is 0 Å². The number of carbonyl (C=O) groups is 1. The third-order valence-corrected chi connectivity index (χ3v) is 6.78. The van der Waals surface area contributed by atoms with E-state index >= 15 is 0 Å². The van der Waals surface area contributed by atoms with E-state index in [9.17, 15) is 10.1 Å². The van der Waals surface area contributed by atoms with Crippen LogP contribution < -0.4 is 0 Å². The molecule has 7 nitrogen and oxygen atoms in total. The fourth-order valence-electron chi connectivity index (χ4n) is 4.77. The van der Waals surface area contributed by atoms with Gasteiger partial charge in [-0.1, -0.05) is 51.2 Å². The fraction of sp³-hybridized carbons (Fsp3) is 0.818. The van der Waals surface area contributed by atoms with Crippen molar-refractivity contribution < 1.29 is 9.53 Å². The standard InChI is InChI=1S/C22H35N5O2/c1-3-4-10-19(16-23)27-17-20(24-25-27)22(2,18-8-6-5-7-9-18)15-21(28)26-11-13-29-14-12-26/h17-19H,3-15H2,1-2H3/t19-,22-/m0/s1. The first-order chi connectivity index (χ1) is 14.1. The maximum Gasteiger partial charge on any atom is 0.223 e. The number of aromatic nitrogens is 3. The third-order valence-electron chi connectivity index (χ3n) is 6.78. The van der Waals surface area contributed by atoms with Gasteiger partial charge in [0.2, 0.25) is 5.91 Å². The van der Waals surface area contributed by atoms with Gasteiger partial charge in [0, 0.05) is 24.9 Å². The van der Waals surface area contributed by atoms with Crippen LogP contribution in [0.15, 0.2) is 6.20 Å². The summed E-state index contributed by atoms with van der Waals surface area (Å²) >= 11 is 0. The molecule has 0 spiro atoms. The molecule has 1 amide bonds. The summed E-state index contributed by atoms with van der Waals surface area (Å²) < 4.78 is 7.12. The molecule has 0 radical (unpaired) electrons. The number of unbranched alkanes of at least 4 members (excludes halogenated alkanes) is 1. The van der Waals surface area contributed by atoms with Crippen molar-refractivity contribution in [3.63, 3.8) is 0 Å². The molecule has 0 unspecified atom stereocenters. The molecule has 1 aromatic heterocycles. The summed E-state index contributed by atoms with van der Waals surface area (Å²) in [5, 5.41) is 18.4. The van der Waals surface area contributed by atoms with Crippen molar-refractivity contribution in [2.45, 2.75) is 83.1 Å². The lowest BCUT2D eigenvalue weighted by molar-refractivity contribution is -0.137. The Kier molecular flexibility index (Phi) is 7.65. The predicted octanol–water partition coefficient (Wildman–Crippen LogP) is 3.62. The Hall–Kier alpha value is -1.94. The van der Waals surface area contributed by atoms with E-state index in [1.807, 2.05) is 11.1 Å². The largest absolute Gasteiger partial charge is 0.378 e. The van der Waals surface area contributed by atoms with Crippen LogP contribution in [0.5, 0.6) is 0 Å². The zero-order valence-corrected chi connectivity index (χ0v) is 18.0. The van der Waals surface area contributed by atoms with Crippen LogP contribution in [0.4, 0.5) is 0 Å². The number of amides is 1. The maximum absolute atomic E-state index is 13.1. The lowest BCUT2D eigenvalue weighted by Crippen LogP contribution is -2.45. The van der Waals surface area contributed by atoms with Crippen molar-refractivity contribution in [3.05, 3.63) is 11.9 Å². The van der Waals surface area contributed by atoms with Gasteiger partial charge in [-0.3, -0.25) is 4.79 Å². The lowest BCUT2D eigenvalue weighted by Gasteiger charge is -2.39. The molecule has 160 valence electrons. The first kappa shape index (κ1) is 21.8. The highest BCUT2D eigenvalue weighted by Crippen LogP contribution is 2.43. The van der Waals surface area contributed by atoms with Crippen molar-refractivity contribution in [1.29, 1.82) is 5.26 Å². The Morgan fingerprint density at radius 3 is 2.72 bits per heavy atom. The summed E-state index contributed by atoms with van der Waals surface area (Å²) in [5.74, 6) is 0.598. The van der Waals surface area contributed by atoms with Gasteiger partial charge in [-0.15, -0.1) is 5.10 Å². The van der Waals surface area contributed by atoms with Gasteiger partial charge in [-0.2, -0.15) is 5.26 Å². The Morgan fingerprint density at radius 2 is 2.07 bits per heavy atom. The van der Waals surface area contributed by atoms with Gasteiger partial charge in [-0.25, -0.2) is 4.68 Å². The molecule has 3 rings (SSSR count). The summed E-state index contributed by atoms with van der Waals surface area (Å²) in [6.07, 6.45) is 11.1. The molecule has 29 heavy (non-hydrogen) atoms. The molecular formula is C22H35N5O2. The van der Waals surface area contributed by atoms with E-state index in [0.29, 0.717) is 38.6 Å². The molecule has 2 fully saturated rings. The van der Waals surface area contributed by atoms with E-state index in [1.165, 1.54) is 19.3 Å². The van der Waals surface area contributed by atoms with Gasteiger partial charge in [0.05, 0.1) is 31.2 Å². The van der Waals surface area contributed by atoms with Crippen LogP contribution in [0.25, 0.3) is 0 Å². The Bertz CT molecular complexity index is 700. The molecule has 1 aliphatic carbocycles. The third kappa shape index (κ3) is 5.16. The minimum atomic E-state index is -0.348. The SMILES string of the molecule is CCCC[C@@H](C#N)n1cc([C@@](C)(CC(=O)N2CCOCC2)C2CCCCC2)nn1. The number of rotatable bonds is 8. The molecule has 2 atom stereocenters. The molecule has 1 aromatic rings. The van der Waals surface area contributed by atoms with E-state index in [2.05, 4.69) is 30.2 Å². The van der Waals surface area contributed by atoms with E-state index < -0.39 is 0 Å². The summed E-state index contributed by atoms with van der Waals surface area (Å²) in [5.41, 5.74) is 0.515. The second kappa shape index (κ2) is 10.2. The number of hydrogen-bond acceptors (Lipinski definition) is 5. The van der Waals surface area contributed by atoms with Crippen molar-refractivity contribution in [1.82, 2.24) is 19.9 Å². The second-order valence-electron chi connectivity index (χ2n) is 8.79. The number of carbonyl (C=O) groups excluding carboxylic acids is 1. The van der Waals surface area contributed by atoms with Crippen molar-refractivity contribution in [2.24, 2.45) is 5.92 Å². The van der Waals surface area contributed by atoms with Crippen molar-refractivity contribution in [2.75, 3.05) is 26.3 Å². The number of nitriles is 1. The van der Waals surface area contributed by atoms with Crippen molar-refractivity contribution in [3.8, 4) is 6.07 Å². The fourth-order valence-corrected chi connectivity index (χ4v) is 4.77. The summed E-state index contributed by atoms with van der Waals surface area (Å²) in [6.45, 7) is 6.87. The van der Waals surface area contributed by atoms with Crippen LogP contribution in [0.2, 0.25) is 0 Å². The van der Waals surface area contributed by atoms with Gasteiger partial charge in [0.25, 0.3) is 0 Å². The Balaban J connectivity index is 1.83. The maximum atomic E-state index is 13.1. The predicted molar refractivity (Wildman–Crippen MR) is 110 cm³/mol. The van der Waals surface area contributed by atoms with Crippen LogP contribution in [0.3, 0.4) is 0 Å². The average Bonchev–Trinajstić information content (AvgIpc) is 3.26. The van der Waals surface area contributed by atoms with Gasteiger partial charge < -0.3 is 9.64 Å². The van der Waals surface area contributed by atoms with Gasteiger partial charge in [-0.05, 0) is 25.2 Å². The molecule has 2 heterocycles. The van der Waals surface area contributed by atoms with E-state index in [-0.39, 0.29) is 17.4 Å². The zero-order valence-electron chi connectivity index (χ0n) is 18.0. The summed E-state index contributed by atoms with van der Waals surface area (Å²) in [7, 11) is 0. The molecule has 1 saturated heterocycles. The van der Waals surface area contributed by atoms with E-state index in [0.717, 1.165) is 37.8 Å². The zero-order chi connectivity index (χ0) is 20.7. The topological polar surface area (TPSA) is 84.0 Å². The van der Waals surface area contributed by atoms with Crippen LogP contribution in [-0.2, 0) is 14.9 Å². The lowest BCUT2D eigenvalue weighted by atomic mass is 9.66.